The number of hydrogen-bond donors (Lipinski definition) is 2. The number of aryl methyl sites for hydroxylation is 2. The second-order valence-electron chi connectivity index (χ2n) is 5.69. The van der Waals surface area contributed by atoms with Crippen LogP contribution in [0.25, 0.3) is 11.2 Å². The smallest absolute Gasteiger partial charge is 0.229 e. The average Bonchev–Trinajstić information content (AvgIpc) is 2.58. The number of anilines is 3. The Morgan fingerprint density at radius 1 is 1.12 bits per heavy atom. The average molecular weight is 324 g/mol. The molecule has 124 valence electrons. The topological polar surface area (TPSA) is 87.1 Å². The molecule has 0 aliphatic heterocycles. The van der Waals surface area contributed by atoms with Crippen molar-refractivity contribution in [2.45, 2.75) is 13.8 Å². The molecule has 0 aliphatic carbocycles. The maximum Gasteiger partial charge on any atom is 0.229 e. The summed E-state index contributed by atoms with van der Waals surface area (Å²) in [4.78, 5) is 19.4. The predicted octanol–water partition coefficient (Wildman–Crippen LogP) is 2.21. The molecule has 0 bridgehead atoms. The molecule has 0 fully saturated rings. The Morgan fingerprint density at radius 2 is 1.92 bits per heavy atom. The van der Waals surface area contributed by atoms with Crippen LogP contribution in [-0.4, -0.2) is 45.2 Å². The van der Waals surface area contributed by atoms with Crippen LogP contribution in [0.4, 0.5) is 17.5 Å². The number of benzene rings is 1. The molecule has 2 N–H and O–H groups in total. The normalized spacial score (nSPS) is 10.8. The van der Waals surface area contributed by atoms with Gasteiger partial charge in [0, 0.05) is 31.7 Å². The summed E-state index contributed by atoms with van der Waals surface area (Å²) >= 11 is 0. The Labute approximate surface area is 140 Å². The summed E-state index contributed by atoms with van der Waals surface area (Å²) in [5, 5.41) is 12.5. The van der Waals surface area contributed by atoms with Crippen LogP contribution in [0, 0.1) is 13.8 Å². The highest BCUT2D eigenvalue weighted by Gasteiger charge is 2.13. The van der Waals surface area contributed by atoms with Crippen molar-refractivity contribution in [3.63, 3.8) is 0 Å². The summed E-state index contributed by atoms with van der Waals surface area (Å²) in [5.41, 5.74) is 4.36. The van der Waals surface area contributed by atoms with Crippen LogP contribution in [0.15, 0.2) is 30.6 Å². The fourth-order valence-corrected chi connectivity index (χ4v) is 2.36. The van der Waals surface area contributed by atoms with E-state index in [0.717, 1.165) is 16.8 Å². The van der Waals surface area contributed by atoms with Crippen LogP contribution >= 0.6 is 0 Å². The van der Waals surface area contributed by atoms with E-state index in [1.54, 1.807) is 17.3 Å². The van der Waals surface area contributed by atoms with Gasteiger partial charge in [0.2, 0.25) is 5.95 Å². The standard InChI is InChI=1S/C17H20N6O/c1-11-4-5-12(2)13(10-11)20-16-14-15(19-7-6-18-14)21-17(22-16)23(3)8-9-24/h4-7,10,24H,8-9H2,1-3H3,(H,19,20,21,22). The van der Waals surface area contributed by atoms with Crippen molar-refractivity contribution in [3.8, 4) is 0 Å². The van der Waals surface area contributed by atoms with Crippen molar-refractivity contribution in [2.24, 2.45) is 0 Å². The number of nitrogens with one attached hydrogen (secondary N) is 1. The van der Waals surface area contributed by atoms with Gasteiger partial charge in [-0.3, -0.25) is 0 Å². The predicted molar refractivity (Wildman–Crippen MR) is 94.7 cm³/mol. The molecule has 0 spiro atoms. The number of fused-ring (bicyclic) bond motifs is 1. The lowest BCUT2D eigenvalue weighted by atomic mass is 10.1. The van der Waals surface area contributed by atoms with Gasteiger partial charge in [0.25, 0.3) is 0 Å². The second kappa shape index (κ2) is 6.76. The Morgan fingerprint density at radius 3 is 2.71 bits per heavy atom. The molecule has 24 heavy (non-hydrogen) atoms. The molecule has 7 nitrogen and oxygen atoms in total. The van der Waals surface area contributed by atoms with E-state index in [2.05, 4.69) is 43.5 Å². The van der Waals surface area contributed by atoms with E-state index in [9.17, 15) is 0 Å². The molecule has 2 aromatic heterocycles. The minimum absolute atomic E-state index is 0.0259. The van der Waals surface area contributed by atoms with Crippen molar-refractivity contribution in [1.82, 2.24) is 19.9 Å². The lowest BCUT2D eigenvalue weighted by molar-refractivity contribution is 0.303. The molecule has 0 amide bonds. The van der Waals surface area contributed by atoms with Crippen molar-refractivity contribution < 1.29 is 5.11 Å². The Bertz CT molecular complexity index is 867. The summed E-state index contributed by atoms with van der Waals surface area (Å²) in [5.74, 6) is 1.09. The Kier molecular flexibility index (Phi) is 4.52. The van der Waals surface area contributed by atoms with E-state index in [1.807, 2.05) is 20.9 Å². The molecule has 0 radical (unpaired) electrons. The van der Waals surface area contributed by atoms with E-state index < -0.39 is 0 Å². The zero-order valence-electron chi connectivity index (χ0n) is 14.0. The monoisotopic (exact) mass is 324 g/mol. The molecule has 2 heterocycles. The van der Waals surface area contributed by atoms with E-state index in [-0.39, 0.29) is 6.61 Å². The summed E-state index contributed by atoms with van der Waals surface area (Å²) in [6, 6.07) is 6.20. The first kappa shape index (κ1) is 16.1. The zero-order valence-corrected chi connectivity index (χ0v) is 14.0. The molecular weight excluding hydrogens is 304 g/mol. The van der Waals surface area contributed by atoms with Gasteiger partial charge in [0.05, 0.1) is 6.61 Å². The fraction of sp³-hybridized carbons (Fsp3) is 0.294. The second-order valence-corrected chi connectivity index (χ2v) is 5.69. The molecule has 7 heteroatoms. The van der Waals surface area contributed by atoms with Crippen molar-refractivity contribution in [2.75, 3.05) is 30.4 Å². The number of aliphatic hydroxyl groups is 1. The van der Waals surface area contributed by atoms with Gasteiger partial charge in [-0.15, -0.1) is 0 Å². The van der Waals surface area contributed by atoms with Gasteiger partial charge in [0.1, 0.15) is 0 Å². The molecule has 0 saturated heterocycles. The molecule has 0 aliphatic rings. The first-order chi connectivity index (χ1) is 11.6. The molecule has 3 aromatic rings. The number of aromatic nitrogens is 4. The van der Waals surface area contributed by atoms with Gasteiger partial charge in [0.15, 0.2) is 17.0 Å². The Hall–Kier alpha value is -2.80. The molecular formula is C17H20N6O. The van der Waals surface area contributed by atoms with Crippen molar-refractivity contribution >= 4 is 28.6 Å². The van der Waals surface area contributed by atoms with Gasteiger partial charge in [-0.1, -0.05) is 12.1 Å². The first-order valence-electron chi connectivity index (χ1n) is 7.73. The SMILES string of the molecule is Cc1ccc(C)c(Nc2nc(N(C)CCO)nc3nccnc23)c1. The minimum Gasteiger partial charge on any atom is -0.395 e. The van der Waals surface area contributed by atoms with Gasteiger partial charge in [-0.05, 0) is 31.0 Å². The van der Waals surface area contributed by atoms with E-state index in [1.165, 1.54) is 0 Å². The third-order valence-electron chi connectivity index (χ3n) is 3.74. The quantitative estimate of drug-likeness (QED) is 0.744. The summed E-state index contributed by atoms with van der Waals surface area (Å²) in [7, 11) is 1.83. The van der Waals surface area contributed by atoms with Crippen LogP contribution in [0.2, 0.25) is 0 Å². The third kappa shape index (κ3) is 3.26. The highest BCUT2D eigenvalue weighted by atomic mass is 16.3. The zero-order chi connectivity index (χ0) is 17.1. The number of likely N-dealkylation sites (N-methyl/N-ethyl adjacent to an activating group) is 1. The maximum absolute atomic E-state index is 9.14. The van der Waals surface area contributed by atoms with Gasteiger partial charge >= 0.3 is 0 Å². The molecule has 0 unspecified atom stereocenters. The summed E-state index contributed by atoms with van der Waals surface area (Å²) < 4.78 is 0. The highest BCUT2D eigenvalue weighted by molar-refractivity contribution is 5.86. The summed E-state index contributed by atoms with van der Waals surface area (Å²) in [6.07, 6.45) is 3.23. The highest BCUT2D eigenvalue weighted by Crippen LogP contribution is 2.26. The van der Waals surface area contributed by atoms with Gasteiger partial charge < -0.3 is 15.3 Å². The minimum atomic E-state index is 0.0259. The fourth-order valence-electron chi connectivity index (χ4n) is 2.36. The van der Waals surface area contributed by atoms with Crippen molar-refractivity contribution in [1.29, 1.82) is 0 Å². The lowest BCUT2D eigenvalue weighted by Gasteiger charge is -2.18. The number of hydrogen-bond acceptors (Lipinski definition) is 7. The van der Waals surface area contributed by atoms with Crippen molar-refractivity contribution in [3.05, 3.63) is 41.7 Å². The van der Waals surface area contributed by atoms with Crippen LogP contribution in [0.5, 0.6) is 0 Å². The van der Waals surface area contributed by atoms with Gasteiger partial charge in [-0.25, -0.2) is 9.97 Å². The largest absolute Gasteiger partial charge is 0.395 e. The maximum atomic E-state index is 9.14. The van der Waals surface area contributed by atoms with E-state index >= 15 is 0 Å². The first-order valence-corrected chi connectivity index (χ1v) is 7.73. The van der Waals surface area contributed by atoms with E-state index in [0.29, 0.717) is 29.5 Å². The lowest BCUT2D eigenvalue weighted by Crippen LogP contribution is -2.24. The summed E-state index contributed by atoms with van der Waals surface area (Å²) in [6.45, 7) is 4.55. The number of nitrogens with zero attached hydrogens (tertiary/aromatic N) is 5. The molecule has 0 saturated carbocycles. The third-order valence-corrected chi connectivity index (χ3v) is 3.74. The van der Waals surface area contributed by atoms with Crippen LogP contribution in [-0.2, 0) is 0 Å². The molecule has 1 aromatic carbocycles. The molecule has 0 atom stereocenters. The number of aliphatic hydroxyl groups excluding tert-OH is 1. The number of rotatable bonds is 5. The molecule has 3 rings (SSSR count). The van der Waals surface area contributed by atoms with Crippen LogP contribution in [0.3, 0.4) is 0 Å². The van der Waals surface area contributed by atoms with E-state index in [4.69, 9.17) is 5.11 Å². The van der Waals surface area contributed by atoms with Crippen LogP contribution < -0.4 is 10.2 Å². The Balaban J connectivity index is 2.09. The van der Waals surface area contributed by atoms with Crippen LogP contribution in [0.1, 0.15) is 11.1 Å². The van der Waals surface area contributed by atoms with Gasteiger partial charge in [-0.2, -0.15) is 9.97 Å².